The fourth-order valence-electron chi connectivity index (χ4n) is 3.73. The Bertz CT molecular complexity index is 1310. The molecule has 0 atom stereocenters. The zero-order valence-corrected chi connectivity index (χ0v) is 19.8. The normalized spacial score (nSPS) is 10.8. The second-order valence-electron chi connectivity index (χ2n) is 7.50. The highest BCUT2D eigenvalue weighted by atomic mass is 32.1. The summed E-state index contributed by atoms with van der Waals surface area (Å²) in [5, 5.41) is 17.8. The Morgan fingerprint density at radius 2 is 1.82 bits per heavy atom. The van der Waals surface area contributed by atoms with Crippen LogP contribution in [-0.2, 0) is 0 Å². The number of anilines is 3. The van der Waals surface area contributed by atoms with E-state index in [1.807, 2.05) is 31.7 Å². The van der Waals surface area contributed by atoms with Crippen LogP contribution in [0.15, 0.2) is 42.6 Å². The molecular formula is C24H24N4O4S. The van der Waals surface area contributed by atoms with E-state index in [9.17, 15) is 9.90 Å². The Balaban J connectivity index is 1.90. The molecule has 33 heavy (non-hydrogen) atoms. The number of aromatic amines is 1. The monoisotopic (exact) mass is 464 g/mol. The molecule has 2 aromatic carbocycles. The molecule has 8 nitrogen and oxygen atoms in total. The van der Waals surface area contributed by atoms with Gasteiger partial charge in [0.05, 0.1) is 42.2 Å². The van der Waals surface area contributed by atoms with Crippen molar-refractivity contribution in [2.75, 3.05) is 19.1 Å². The molecule has 9 heteroatoms. The van der Waals surface area contributed by atoms with Gasteiger partial charge in [-0.25, -0.2) is 9.78 Å². The molecule has 0 saturated heterocycles. The lowest BCUT2D eigenvalue weighted by molar-refractivity contribution is 0.0697. The molecule has 0 bridgehead atoms. The molecule has 0 fully saturated rings. The Morgan fingerprint density at radius 3 is 2.42 bits per heavy atom. The summed E-state index contributed by atoms with van der Waals surface area (Å²) < 4.78 is 10.6. The van der Waals surface area contributed by atoms with Gasteiger partial charge in [-0.05, 0) is 62.2 Å². The van der Waals surface area contributed by atoms with Crippen LogP contribution in [0.3, 0.4) is 0 Å². The second kappa shape index (κ2) is 8.95. The Morgan fingerprint density at radius 1 is 1.03 bits per heavy atom. The van der Waals surface area contributed by atoms with E-state index in [-0.39, 0.29) is 5.56 Å². The number of hydrogen-bond donors (Lipinski definition) is 2. The maximum absolute atomic E-state index is 12.1. The van der Waals surface area contributed by atoms with E-state index in [1.165, 1.54) is 13.2 Å². The van der Waals surface area contributed by atoms with Crippen LogP contribution in [0.5, 0.6) is 11.6 Å². The summed E-state index contributed by atoms with van der Waals surface area (Å²) >= 11 is 1.58. The maximum Gasteiger partial charge on any atom is 0.337 e. The molecule has 0 aliphatic carbocycles. The number of thiazole rings is 1. The first-order valence-electron chi connectivity index (χ1n) is 10.2. The summed E-state index contributed by atoms with van der Waals surface area (Å²) in [6, 6.07) is 10.9. The number of methoxy groups -OCH3 is 2. The van der Waals surface area contributed by atoms with Crippen LogP contribution in [0.2, 0.25) is 0 Å². The zero-order chi connectivity index (χ0) is 23.7. The van der Waals surface area contributed by atoms with E-state index in [2.05, 4.69) is 21.2 Å². The Labute approximate surface area is 195 Å². The van der Waals surface area contributed by atoms with Crippen molar-refractivity contribution < 1.29 is 19.4 Å². The third kappa shape index (κ3) is 4.14. The van der Waals surface area contributed by atoms with E-state index >= 15 is 0 Å². The standard InChI is InChI=1S/C24H24N4O4S/c1-13-11-20(14(2)10-17(13)23-26-22(32-5)15(3)33-23)28(21-8-9-25-27-21)19-7-6-16(31-4)12-18(19)24(29)30/h6-12H,1-5H3,(H,25,27)(H,29,30). The van der Waals surface area contributed by atoms with Crippen molar-refractivity contribution in [1.82, 2.24) is 15.2 Å². The van der Waals surface area contributed by atoms with E-state index < -0.39 is 5.97 Å². The Kier molecular flexibility index (Phi) is 6.06. The predicted octanol–water partition coefficient (Wildman–Crippen LogP) is 5.64. The minimum absolute atomic E-state index is 0.116. The van der Waals surface area contributed by atoms with E-state index in [0.717, 1.165) is 32.3 Å². The lowest BCUT2D eigenvalue weighted by Gasteiger charge is -2.27. The fraction of sp³-hybridized carbons (Fsp3) is 0.208. The average Bonchev–Trinajstić information content (AvgIpc) is 3.45. The number of aryl methyl sites for hydroxylation is 3. The molecule has 0 unspecified atom stereocenters. The first-order chi connectivity index (χ1) is 15.8. The van der Waals surface area contributed by atoms with Crippen molar-refractivity contribution in [2.45, 2.75) is 20.8 Å². The van der Waals surface area contributed by atoms with Crippen LogP contribution in [0, 0.1) is 20.8 Å². The first kappa shape index (κ1) is 22.3. The van der Waals surface area contributed by atoms with Gasteiger partial charge < -0.3 is 14.6 Å². The van der Waals surface area contributed by atoms with Gasteiger partial charge in [0.25, 0.3) is 0 Å². The molecular weight excluding hydrogens is 440 g/mol. The molecule has 0 saturated carbocycles. The number of ether oxygens (including phenoxy) is 2. The van der Waals surface area contributed by atoms with Crippen LogP contribution < -0.4 is 14.4 Å². The van der Waals surface area contributed by atoms with Crippen LogP contribution >= 0.6 is 11.3 Å². The van der Waals surface area contributed by atoms with Gasteiger partial charge in [0.15, 0.2) is 0 Å². The summed E-state index contributed by atoms with van der Waals surface area (Å²) in [5.41, 5.74) is 4.39. The largest absolute Gasteiger partial charge is 0.497 e. The van der Waals surface area contributed by atoms with Gasteiger partial charge in [-0.15, -0.1) is 11.3 Å². The van der Waals surface area contributed by atoms with Crippen LogP contribution in [0.4, 0.5) is 17.2 Å². The van der Waals surface area contributed by atoms with Gasteiger partial charge in [-0.1, -0.05) is 0 Å². The number of carbonyl (C=O) groups is 1. The Hall–Kier alpha value is -3.85. The number of H-pyrrole nitrogens is 1. The number of nitrogens with one attached hydrogen (secondary N) is 1. The van der Waals surface area contributed by atoms with Gasteiger partial charge in [0, 0.05) is 11.6 Å². The molecule has 170 valence electrons. The van der Waals surface area contributed by atoms with Crippen molar-refractivity contribution in [1.29, 1.82) is 0 Å². The SMILES string of the molecule is COc1ccc(N(c2ccn[nH]2)c2cc(C)c(-c3nc(OC)c(C)s3)cc2C)c(C(=O)O)c1. The minimum Gasteiger partial charge on any atom is -0.497 e. The van der Waals surface area contributed by atoms with Crippen molar-refractivity contribution in [3.63, 3.8) is 0 Å². The van der Waals surface area contributed by atoms with Crippen LogP contribution in [0.25, 0.3) is 10.6 Å². The third-order valence-corrected chi connectivity index (χ3v) is 6.35. The van der Waals surface area contributed by atoms with Crippen molar-refractivity contribution in [3.05, 3.63) is 64.2 Å². The number of rotatable bonds is 7. The third-order valence-electron chi connectivity index (χ3n) is 5.36. The molecule has 0 aliphatic rings. The molecule has 0 amide bonds. The predicted molar refractivity (Wildman–Crippen MR) is 129 cm³/mol. The molecule has 0 radical (unpaired) electrons. The summed E-state index contributed by atoms with van der Waals surface area (Å²) in [6.07, 6.45) is 1.63. The van der Waals surface area contributed by atoms with E-state index in [0.29, 0.717) is 23.1 Å². The van der Waals surface area contributed by atoms with Gasteiger partial charge in [-0.3, -0.25) is 10.00 Å². The number of nitrogens with zero attached hydrogens (tertiary/aromatic N) is 3. The summed E-state index contributed by atoms with van der Waals surface area (Å²) in [4.78, 5) is 19.6. The fourth-order valence-corrected chi connectivity index (χ4v) is 4.69. The van der Waals surface area contributed by atoms with Crippen molar-refractivity contribution in [2.24, 2.45) is 0 Å². The first-order valence-corrected chi connectivity index (χ1v) is 11.0. The van der Waals surface area contributed by atoms with Crippen molar-refractivity contribution in [3.8, 4) is 22.2 Å². The zero-order valence-electron chi connectivity index (χ0n) is 19.0. The molecule has 4 aromatic rings. The van der Waals surface area contributed by atoms with Gasteiger partial charge in [0.1, 0.15) is 16.6 Å². The number of aromatic nitrogens is 3. The number of hydrogen-bond acceptors (Lipinski definition) is 7. The maximum atomic E-state index is 12.1. The van der Waals surface area contributed by atoms with Gasteiger partial charge in [-0.2, -0.15) is 5.10 Å². The lowest BCUT2D eigenvalue weighted by Crippen LogP contribution is -2.16. The van der Waals surface area contributed by atoms with Gasteiger partial charge in [0.2, 0.25) is 5.88 Å². The van der Waals surface area contributed by atoms with Crippen LogP contribution in [-0.4, -0.2) is 40.5 Å². The lowest BCUT2D eigenvalue weighted by atomic mass is 10.0. The highest BCUT2D eigenvalue weighted by Gasteiger charge is 2.24. The topological polar surface area (TPSA) is 101 Å². The number of aromatic carboxylic acids is 1. The number of carboxylic acid groups (broad SMARTS) is 1. The highest BCUT2D eigenvalue weighted by Crippen LogP contribution is 2.42. The molecule has 2 aromatic heterocycles. The second-order valence-corrected chi connectivity index (χ2v) is 8.71. The summed E-state index contributed by atoms with van der Waals surface area (Å²) in [5.74, 6) is 0.686. The molecule has 2 N–H and O–H groups in total. The summed E-state index contributed by atoms with van der Waals surface area (Å²) in [7, 11) is 3.12. The quantitative estimate of drug-likeness (QED) is 0.365. The minimum atomic E-state index is -1.05. The molecule has 0 aliphatic heterocycles. The van der Waals surface area contributed by atoms with Crippen LogP contribution in [0.1, 0.15) is 26.4 Å². The number of benzene rings is 2. The molecule has 4 rings (SSSR count). The van der Waals surface area contributed by atoms with E-state index in [1.54, 1.807) is 42.8 Å². The smallest absolute Gasteiger partial charge is 0.337 e. The van der Waals surface area contributed by atoms with Crippen molar-refractivity contribution >= 4 is 34.5 Å². The average molecular weight is 465 g/mol. The molecule has 2 heterocycles. The summed E-state index contributed by atoms with van der Waals surface area (Å²) in [6.45, 7) is 5.98. The number of carboxylic acids is 1. The van der Waals surface area contributed by atoms with Gasteiger partial charge >= 0.3 is 5.97 Å². The highest BCUT2D eigenvalue weighted by molar-refractivity contribution is 7.15. The van der Waals surface area contributed by atoms with E-state index in [4.69, 9.17) is 9.47 Å². The molecule has 0 spiro atoms.